The highest BCUT2D eigenvalue weighted by atomic mass is 14.2. The minimum Gasteiger partial charge on any atom is -0.0651 e. The molecule has 0 fully saturated rings. The zero-order valence-electron chi connectivity index (χ0n) is 12.6. The van der Waals surface area contributed by atoms with Crippen molar-refractivity contribution in [1.82, 2.24) is 0 Å². The van der Waals surface area contributed by atoms with Gasteiger partial charge in [-0.25, -0.2) is 0 Å². The Bertz CT molecular complexity index is 152. The fraction of sp³-hybridized carbons (Fsp3) is 1.00. The summed E-state index contributed by atoms with van der Waals surface area (Å²) in [5.41, 5.74) is 0.524. The van der Waals surface area contributed by atoms with Crippen LogP contribution >= 0.6 is 0 Å². The molecule has 0 aromatic carbocycles. The van der Waals surface area contributed by atoms with E-state index in [1.54, 1.807) is 0 Å². The third-order valence-electron chi connectivity index (χ3n) is 3.71. The highest BCUT2D eigenvalue weighted by molar-refractivity contribution is 4.63. The molecule has 0 aliphatic carbocycles. The zero-order chi connectivity index (χ0) is 12.6. The predicted octanol–water partition coefficient (Wildman–Crippen LogP) is 6.06. The van der Waals surface area contributed by atoms with Crippen LogP contribution in [0.25, 0.3) is 0 Å². The third kappa shape index (κ3) is 10.5. The minimum atomic E-state index is 0.524. The Labute approximate surface area is 104 Å². The van der Waals surface area contributed by atoms with E-state index in [2.05, 4.69) is 41.5 Å². The summed E-state index contributed by atoms with van der Waals surface area (Å²) >= 11 is 0. The lowest BCUT2D eigenvalue weighted by molar-refractivity contribution is 0.332. The monoisotopic (exact) mass is 226 g/mol. The molecule has 2 atom stereocenters. The van der Waals surface area contributed by atoms with Crippen LogP contribution in [0, 0.1) is 17.3 Å². The molecule has 0 radical (unpaired) electrons. The highest BCUT2D eigenvalue weighted by Gasteiger charge is 2.11. The molecule has 0 aromatic rings. The summed E-state index contributed by atoms with van der Waals surface area (Å²) in [6.45, 7) is 14.2. The van der Waals surface area contributed by atoms with Crippen LogP contribution in [0.1, 0.15) is 86.5 Å². The van der Waals surface area contributed by atoms with Crippen LogP contribution in [-0.2, 0) is 0 Å². The molecular weight excluding hydrogens is 192 g/mol. The lowest BCUT2D eigenvalue weighted by Crippen LogP contribution is -2.06. The maximum Gasteiger partial charge on any atom is -0.0383 e. The van der Waals surface area contributed by atoms with E-state index < -0.39 is 0 Å². The second kappa shape index (κ2) is 8.14. The predicted molar refractivity (Wildman–Crippen MR) is 75.8 cm³/mol. The molecule has 0 aliphatic heterocycles. The molecule has 0 rings (SSSR count). The van der Waals surface area contributed by atoms with Gasteiger partial charge in [-0.05, 0) is 23.7 Å². The molecule has 0 saturated carbocycles. The molecule has 2 unspecified atom stereocenters. The molecule has 16 heavy (non-hydrogen) atoms. The normalized spacial score (nSPS) is 16.1. The molecule has 0 aromatic heterocycles. The maximum absolute atomic E-state index is 2.43. The fourth-order valence-corrected chi connectivity index (χ4v) is 2.14. The van der Waals surface area contributed by atoms with E-state index in [0.717, 1.165) is 11.8 Å². The summed E-state index contributed by atoms with van der Waals surface area (Å²) in [5.74, 6) is 1.87. The number of hydrogen-bond donors (Lipinski definition) is 0. The van der Waals surface area contributed by atoms with Crippen LogP contribution in [0.4, 0.5) is 0 Å². The van der Waals surface area contributed by atoms with E-state index in [9.17, 15) is 0 Å². The van der Waals surface area contributed by atoms with Crippen LogP contribution in [-0.4, -0.2) is 0 Å². The van der Waals surface area contributed by atoms with Gasteiger partial charge in [0.1, 0.15) is 0 Å². The molecule has 0 saturated heterocycles. The number of rotatable bonds is 8. The summed E-state index contributed by atoms with van der Waals surface area (Å²) in [5, 5.41) is 0. The van der Waals surface area contributed by atoms with Gasteiger partial charge < -0.3 is 0 Å². The summed E-state index contributed by atoms with van der Waals surface area (Å²) in [6.07, 6.45) is 9.87. The molecule has 0 heterocycles. The van der Waals surface area contributed by atoms with Gasteiger partial charge in [0, 0.05) is 0 Å². The second-order valence-electron chi connectivity index (χ2n) is 7.00. The molecule has 0 aliphatic rings. The first-order valence-electron chi connectivity index (χ1n) is 7.35. The van der Waals surface area contributed by atoms with Crippen LogP contribution in [0.15, 0.2) is 0 Å². The first-order chi connectivity index (χ1) is 7.35. The highest BCUT2D eigenvalue weighted by Crippen LogP contribution is 2.25. The van der Waals surface area contributed by atoms with Crippen molar-refractivity contribution in [3.63, 3.8) is 0 Å². The van der Waals surface area contributed by atoms with E-state index in [0.29, 0.717) is 5.41 Å². The van der Waals surface area contributed by atoms with Gasteiger partial charge in [-0.15, -0.1) is 0 Å². The smallest absolute Gasteiger partial charge is 0.0383 e. The summed E-state index contributed by atoms with van der Waals surface area (Å²) in [6, 6.07) is 0. The van der Waals surface area contributed by atoms with E-state index in [1.807, 2.05) is 0 Å². The fourth-order valence-electron chi connectivity index (χ4n) is 2.14. The Kier molecular flexibility index (Phi) is 8.14. The van der Waals surface area contributed by atoms with Crippen LogP contribution in [0.2, 0.25) is 0 Å². The first-order valence-corrected chi connectivity index (χ1v) is 7.35. The Morgan fingerprint density at radius 3 is 1.81 bits per heavy atom. The molecule has 0 bridgehead atoms. The van der Waals surface area contributed by atoms with Gasteiger partial charge in [-0.3, -0.25) is 0 Å². The van der Waals surface area contributed by atoms with Crippen LogP contribution < -0.4 is 0 Å². The molecule has 0 spiro atoms. The topological polar surface area (TPSA) is 0 Å². The lowest BCUT2D eigenvalue weighted by atomic mass is 9.87. The van der Waals surface area contributed by atoms with Crippen molar-refractivity contribution >= 4 is 0 Å². The largest absolute Gasteiger partial charge is 0.0651 e. The van der Waals surface area contributed by atoms with Gasteiger partial charge >= 0.3 is 0 Å². The van der Waals surface area contributed by atoms with Gasteiger partial charge in [0.25, 0.3) is 0 Å². The Morgan fingerprint density at radius 2 is 1.31 bits per heavy atom. The Hall–Kier alpha value is 0. The summed E-state index contributed by atoms with van der Waals surface area (Å²) in [7, 11) is 0. The van der Waals surface area contributed by atoms with E-state index in [-0.39, 0.29) is 0 Å². The van der Waals surface area contributed by atoms with Crippen molar-refractivity contribution in [2.45, 2.75) is 86.5 Å². The summed E-state index contributed by atoms with van der Waals surface area (Å²) < 4.78 is 0. The van der Waals surface area contributed by atoms with Crippen molar-refractivity contribution < 1.29 is 0 Å². The molecule has 0 heteroatoms. The SMILES string of the molecule is CCC(C)CCCC(C)CCCC(C)(C)C. The average molecular weight is 226 g/mol. The van der Waals surface area contributed by atoms with Gasteiger partial charge in [-0.2, -0.15) is 0 Å². The molecule has 0 nitrogen and oxygen atoms in total. The van der Waals surface area contributed by atoms with Gasteiger partial charge in [0.15, 0.2) is 0 Å². The summed E-state index contributed by atoms with van der Waals surface area (Å²) in [4.78, 5) is 0. The van der Waals surface area contributed by atoms with E-state index >= 15 is 0 Å². The van der Waals surface area contributed by atoms with Crippen molar-refractivity contribution in [3.8, 4) is 0 Å². The molecule has 0 amide bonds. The van der Waals surface area contributed by atoms with Crippen LogP contribution in [0.3, 0.4) is 0 Å². The van der Waals surface area contributed by atoms with Gasteiger partial charge in [0.05, 0.1) is 0 Å². The number of hydrogen-bond acceptors (Lipinski definition) is 0. The quantitative estimate of drug-likeness (QED) is 0.472. The first kappa shape index (κ1) is 16.0. The molecular formula is C16H34. The third-order valence-corrected chi connectivity index (χ3v) is 3.71. The molecule has 0 N–H and O–H groups in total. The van der Waals surface area contributed by atoms with Crippen molar-refractivity contribution in [2.75, 3.05) is 0 Å². The average Bonchev–Trinajstić information content (AvgIpc) is 2.15. The van der Waals surface area contributed by atoms with Crippen molar-refractivity contribution in [3.05, 3.63) is 0 Å². The van der Waals surface area contributed by atoms with Gasteiger partial charge in [0.2, 0.25) is 0 Å². The molecule has 98 valence electrons. The van der Waals surface area contributed by atoms with Gasteiger partial charge in [-0.1, -0.05) is 80.1 Å². The van der Waals surface area contributed by atoms with E-state index in [1.165, 1.54) is 44.9 Å². The van der Waals surface area contributed by atoms with Crippen molar-refractivity contribution in [1.29, 1.82) is 0 Å². The second-order valence-corrected chi connectivity index (χ2v) is 7.00. The van der Waals surface area contributed by atoms with E-state index in [4.69, 9.17) is 0 Å². The Balaban J connectivity index is 3.41. The minimum absolute atomic E-state index is 0.524. The zero-order valence-corrected chi connectivity index (χ0v) is 12.6. The van der Waals surface area contributed by atoms with Crippen molar-refractivity contribution in [2.24, 2.45) is 17.3 Å². The maximum atomic E-state index is 2.43. The van der Waals surface area contributed by atoms with Crippen LogP contribution in [0.5, 0.6) is 0 Å². The lowest BCUT2D eigenvalue weighted by Gasteiger charge is -2.19. The standard InChI is InChI=1S/C16H34/c1-7-14(2)10-8-11-15(3)12-9-13-16(4,5)6/h14-15H,7-13H2,1-6H3. The Morgan fingerprint density at radius 1 is 0.812 bits per heavy atom.